The van der Waals surface area contributed by atoms with Gasteiger partial charge in [-0.1, -0.05) is 19.9 Å². The van der Waals surface area contributed by atoms with Crippen LogP contribution in [0, 0.1) is 0 Å². The molecule has 1 unspecified atom stereocenters. The van der Waals surface area contributed by atoms with Crippen molar-refractivity contribution in [2.45, 2.75) is 52.5 Å². The van der Waals surface area contributed by atoms with Gasteiger partial charge in [0, 0.05) is 25.8 Å². The molecular formula is C14H30O5SSi. The van der Waals surface area contributed by atoms with Gasteiger partial charge in [0.15, 0.2) is 0 Å². The molecular weight excluding hydrogens is 308 g/mol. The maximum atomic E-state index is 10.3. The molecule has 5 nitrogen and oxygen atoms in total. The monoisotopic (exact) mass is 338 g/mol. The van der Waals surface area contributed by atoms with E-state index < -0.39 is 8.80 Å². The number of carbonyl (C=O) groups excluding carboxylic acids is 1. The van der Waals surface area contributed by atoms with Crippen molar-refractivity contribution in [1.82, 2.24) is 0 Å². The zero-order chi connectivity index (χ0) is 16.7. The van der Waals surface area contributed by atoms with Crippen LogP contribution < -0.4 is 0 Å². The predicted molar refractivity (Wildman–Crippen MR) is 90.5 cm³/mol. The van der Waals surface area contributed by atoms with Crippen LogP contribution in [0.1, 0.15) is 40.5 Å². The van der Waals surface area contributed by atoms with Crippen molar-refractivity contribution in [1.29, 1.82) is 0 Å². The molecule has 0 fully saturated rings. The Balaban J connectivity index is 0. The number of rotatable bonds is 10. The van der Waals surface area contributed by atoms with E-state index in [4.69, 9.17) is 13.3 Å². The number of hydrogen-bond donors (Lipinski definition) is 1. The highest BCUT2D eigenvalue weighted by atomic mass is 32.1. The largest absolute Gasteiger partial charge is 0.498 e. The van der Waals surface area contributed by atoms with Crippen molar-refractivity contribution in [2.75, 3.05) is 19.8 Å². The minimum absolute atomic E-state index is 0.139. The zero-order valence-electron chi connectivity index (χ0n) is 13.9. The van der Waals surface area contributed by atoms with E-state index in [-0.39, 0.29) is 11.4 Å². The molecule has 0 aromatic heterocycles. The van der Waals surface area contributed by atoms with Crippen LogP contribution in [-0.2, 0) is 22.8 Å². The maximum Gasteiger partial charge on any atom is 0.498 e. The molecule has 126 valence electrons. The second-order valence-electron chi connectivity index (χ2n) is 4.17. The summed E-state index contributed by atoms with van der Waals surface area (Å²) in [4.78, 5) is 10.3. The summed E-state index contributed by atoms with van der Waals surface area (Å²) in [6.07, 6.45) is 3.15. The van der Waals surface area contributed by atoms with Gasteiger partial charge < -0.3 is 18.0 Å². The Bertz CT molecular complexity index is 268. The van der Waals surface area contributed by atoms with Crippen molar-refractivity contribution < 1.29 is 22.8 Å². The average Bonchev–Trinajstić information content (AvgIpc) is 2.39. The van der Waals surface area contributed by atoms with E-state index in [9.17, 15) is 4.79 Å². The fourth-order valence-corrected chi connectivity index (χ4v) is 3.78. The third kappa shape index (κ3) is 15.9. The molecule has 0 aliphatic carbocycles. The minimum Gasteiger partial charge on any atom is -0.463 e. The van der Waals surface area contributed by atoms with Gasteiger partial charge in [0.25, 0.3) is 0 Å². The first-order valence-corrected chi connectivity index (χ1v) is 10.0. The quantitative estimate of drug-likeness (QED) is 0.165. The highest BCUT2D eigenvalue weighted by Crippen LogP contribution is 2.13. The average molecular weight is 339 g/mol. The van der Waals surface area contributed by atoms with Gasteiger partial charge in [0.2, 0.25) is 0 Å². The van der Waals surface area contributed by atoms with Gasteiger partial charge in [-0.3, -0.25) is 0 Å². The number of hydrogen-bond acceptors (Lipinski definition) is 6. The summed E-state index contributed by atoms with van der Waals surface area (Å²) in [7, 11) is -2.39. The number of thiol groups is 1. The van der Waals surface area contributed by atoms with E-state index in [1.165, 1.54) is 6.08 Å². The van der Waals surface area contributed by atoms with E-state index in [1.807, 2.05) is 34.2 Å². The topological polar surface area (TPSA) is 54.0 Å². The molecule has 0 amide bonds. The molecule has 0 saturated heterocycles. The molecule has 0 aromatic rings. The van der Waals surface area contributed by atoms with Gasteiger partial charge in [-0.05, 0) is 27.2 Å². The number of carbonyl (C=O) groups is 1. The summed E-state index contributed by atoms with van der Waals surface area (Å²) in [5.41, 5.74) is -0.139. The lowest BCUT2D eigenvalue weighted by atomic mass is 10.4. The molecule has 0 aliphatic heterocycles. The van der Waals surface area contributed by atoms with Crippen molar-refractivity contribution in [2.24, 2.45) is 0 Å². The van der Waals surface area contributed by atoms with E-state index >= 15 is 0 Å². The molecule has 0 bridgehead atoms. The van der Waals surface area contributed by atoms with Gasteiger partial charge >= 0.3 is 14.8 Å². The molecule has 0 spiro atoms. The summed E-state index contributed by atoms with van der Waals surface area (Å²) in [6, 6.07) is 0. The Morgan fingerprint density at radius 3 is 2.14 bits per heavy atom. The lowest BCUT2D eigenvalue weighted by Crippen LogP contribution is -2.44. The third-order valence-electron chi connectivity index (χ3n) is 2.11. The van der Waals surface area contributed by atoms with E-state index in [0.29, 0.717) is 19.8 Å². The molecule has 0 rings (SSSR count). The van der Waals surface area contributed by atoms with E-state index in [2.05, 4.69) is 23.9 Å². The summed E-state index contributed by atoms with van der Waals surface area (Å²) in [5, 5.41) is 0. The number of ether oxygens (including phenoxy) is 1. The Kier molecular flexibility index (Phi) is 15.9. The van der Waals surface area contributed by atoms with Gasteiger partial charge in [0.05, 0.1) is 12.0 Å². The summed E-state index contributed by atoms with van der Waals surface area (Å²) in [6.45, 7) is 14.6. The molecule has 7 heteroatoms. The van der Waals surface area contributed by atoms with Crippen molar-refractivity contribution >= 4 is 27.4 Å². The van der Waals surface area contributed by atoms with Crippen LogP contribution in [0.5, 0.6) is 0 Å². The Labute approximate surface area is 135 Å². The van der Waals surface area contributed by atoms with Crippen LogP contribution >= 0.6 is 12.6 Å². The molecule has 0 heterocycles. The van der Waals surface area contributed by atoms with Crippen LogP contribution in [-0.4, -0.2) is 40.0 Å². The highest BCUT2D eigenvalue weighted by molar-refractivity contribution is 7.80. The van der Waals surface area contributed by atoms with Crippen LogP contribution in [0.25, 0.3) is 0 Å². The van der Waals surface area contributed by atoms with E-state index in [0.717, 1.165) is 12.8 Å². The van der Waals surface area contributed by atoms with Crippen molar-refractivity contribution in [3.8, 4) is 0 Å². The summed E-state index contributed by atoms with van der Waals surface area (Å²) in [5.74, 6) is -0.330. The van der Waals surface area contributed by atoms with Gasteiger partial charge in [-0.25, -0.2) is 4.79 Å². The predicted octanol–water partition coefficient (Wildman–Crippen LogP) is 3.44. The molecule has 0 aliphatic rings. The first-order valence-electron chi connectivity index (χ1n) is 7.28. The Morgan fingerprint density at radius 1 is 1.29 bits per heavy atom. The lowest BCUT2D eigenvalue weighted by Gasteiger charge is -2.26. The van der Waals surface area contributed by atoms with Gasteiger partial charge in [-0.15, -0.1) is 12.6 Å². The lowest BCUT2D eigenvalue weighted by molar-refractivity contribution is -0.137. The molecule has 0 aromatic carbocycles. The Hall–Kier alpha value is -0.343. The number of esters is 1. The molecule has 0 saturated carbocycles. The van der Waals surface area contributed by atoms with Crippen LogP contribution in [0.2, 0.25) is 6.55 Å². The molecule has 1 atom stereocenters. The molecule has 21 heavy (non-hydrogen) atoms. The summed E-state index contributed by atoms with van der Waals surface area (Å²) >= 11 is 4.13. The van der Waals surface area contributed by atoms with Crippen LogP contribution in [0.4, 0.5) is 0 Å². The third-order valence-corrected chi connectivity index (χ3v) is 4.82. The SMILES string of the molecule is C=CC(=O)OCCCC.CCO[Si](C)(OCC)OC(C)S. The smallest absolute Gasteiger partial charge is 0.463 e. The fraction of sp³-hybridized carbons (Fsp3) is 0.786. The molecule has 0 radical (unpaired) electrons. The van der Waals surface area contributed by atoms with Crippen molar-refractivity contribution in [3.63, 3.8) is 0 Å². The normalized spacial score (nSPS) is 12.1. The summed E-state index contributed by atoms with van der Waals surface area (Å²) < 4.78 is 21.0. The minimum atomic E-state index is -2.39. The van der Waals surface area contributed by atoms with Crippen LogP contribution in [0.15, 0.2) is 12.7 Å². The van der Waals surface area contributed by atoms with Crippen LogP contribution in [0.3, 0.4) is 0 Å². The van der Waals surface area contributed by atoms with Gasteiger partial charge in [-0.2, -0.15) is 0 Å². The highest BCUT2D eigenvalue weighted by Gasteiger charge is 2.35. The van der Waals surface area contributed by atoms with E-state index in [1.54, 1.807) is 0 Å². The first-order chi connectivity index (χ1) is 9.85. The second-order valence-corrected chi connectivity index (χ2v) is 7.44. The van der Waals surface area contributed by atoms with Crippen molar-refractivity contribution in [3.05, 3.63) is 12.7 Å². The maximum absolute atomic E-state index is 10.3. The fourth-order valence-electron chi connectivity index (χ4n) is 1.32. The standard InChI is InChI=1S/C7H18O3SSi.C7H12O2/c1-5-8-12(4,9-6-2)10-7(3)11;1-3-5-6-9-7(8)4-2/h7,11H,5-6H2,1-4H3;4H,2-3,5-6H2,1H3. The van der Waals surface area contributed by atoms with Gasteiger partial charge in [0.1, 0.15) is 0 Å². The first kappa shape index (κ1) is 22.9. The Morgan fingerprint density at radius 2 is 1.81 bits per heavy atom. The zero-order valence-corrected chi connectivity index (χ0v) is 15.8. The number of unbranched alkanes of at least 4 members (excludes halogenated alkanes) is 1. The second kappa shape index (κ2) is 14.6. The molecule has 0 N–H and O–H groups in total.